The van der Waals surface area contributed by atoms with Crippen LogP contribution in [0.3, 0.4) is 0 Å². The largest absolute Gasteiger partial charge is 0.460 e. The van der Waals surface area contributed by atoms with Gasteiger partial charge >= 0.3 is 0 Å². The van der Waals surface area contributed by atoms with Gasteiger partial charge in [-0.15, -0.1) is 11.6 Å². The number of aryl methyl sites for hydroxylation is 1. The third kappa shape index (κ3) is 1.77. The van der Waals surface area contributed by atoms with Gasteiger partial charge in [-0.05, 0) is 37.3 Å². The Labute approximate surface area is 107 Å². The summed E-state index contributed by atoms with van der Waals surface area (Å²) in [6, 6.07) is 8.49. The molecular weight excluding hydrogens is 232 g/mol. The number of para-hydroxylation sites is 1. The normalized spacial score (nSPS) is 29.0. The summed E-state index contributed by atoms with van der Waals surface area (Å²) in [6.07, 6.45) is 2.25. The van der Waals surface area contributed by atoms with Crippen LogP contribution in [0, 0.1) is 12.8 Å². The maximum absolute atomic E-state index is 6.30. The molecule has 0 saturated heterocycles. The Balaban J connectivity index is 2.04. The van der Waals surface area contributed by atoms with E-state index < -0.39 is 0 Å². The number of furan rings is 1. The van der Waals surface area contributed by atoms with Gasteiger partial charge in [-0.2, -0.15) is 0 Å². The summed E-state index contributed by atoms with van der Waals surface area (Å²) in [4.78, 5) is 0. The number of alkyl halides is 1. The molecule has 1 heterocycles. The Kier molecular flexibility index (Phi) is 2.67. The molecule has 90 valence electrons. The Bertz CT molecular complexity index is 543. The second-order valence-electron chi connectivity index (χ2n) is 5.20. The quantitative estimate of drug-likeness (QED) is 0.657. The lowest BCUT2D eigenvalue weighted by Gasteiger charge is -2.14. The van der Waals surface area contributed by atoms with Crippen molar-refractivity contribution in [2.45, 2.75) is 38.0 Å². The van der Waals surface area contributed by atoms with E-state index in [1.54, 1.807) is 0 Å². The highest BCUT2D eigenvalue weighted by Crippen LogP contribution is 2.43. The second-order valence-corrected chi connectivity index (χ2v) is 5.76. The summed E-state index contributed by atoms with van der Waals surface area (Å²) in [7, 11) is 0. The van der Waals surface area contributed by atoms with E-state index in [1.165, 1.54) is 10.9 Å². The molecule has 2 aromatic rings. The number of fused-ring (bicyclic) bond motifs is 1. The third-order valence-electron chi connectivity index (χ3n) is 4.08. The van der Waals surface area contributed by atoms with E-state index in [-0.39, 0.29) is 0 Å². The Morgan fingerprint density at radius 1 is 1.29 bits per heavy atom. The molecule has 2 heteroatoms. The molecule has 3 atom stereocenters. The zero-order chi connectivity index (χ0) is 12.0. The van der Waals surface area contributed by atoms with Crippen molar-refractivity contribution in [2.24, 2.45) is 5.92 Å². The second kappa shape index (κ2) is 4.06. The van der Waals surface area contributed by atoms with E-state index in [4.69, 9.17) is 16.0 Å². The lowest BCUT2D eigenvalue weighted by Crippen LogP contribution is -2.08. The number of benzene rings is 1. The summed E-state index contributed by atoms with van der Waals surface area (Å²) in [5.74, 6) is 2.12. The van der Waals surface area contributed by atoms with Crippen molar-refractivity contribution in [3.05, 3.63) is 35.6 Å². The zero-order valence-corrected chi connectivity index (χ0v) is 11.0. The maximum Gasteiger partial charge on any atom is 0.137 e. The van der Waals surface area contributed by atoms with E-state index in [9.17, 15) is 0 Å². The van der Waals surface area contributed by atoms with Crippen molar-refractivity contribution < 1.29 is 4.42 Å². The monoisotopic (exact) mass is 248 g/mol. The molecule has 0 amide bonds. The van der Waals surface area contributed by atoms with Crippen LogP contribution in [0.5, 0.6) is 0 Å². The Morgan fingerprint density at radius 2 is 2.12 bits per heavy atom. The molecule has 3 rings (SSSR count). The highest BCUT2D eigenvalue weighted by atomic mass is 35.5. The average molecular weight is 249 g/mol. The molecule has 1 nitrogen and oxygen atoms in total. The van der Waals surface area contributed by atoms with E-state index >= 15 is 0 Å². The van der Waals surface area contributed by atoms with Crippen LogP contribution in [-0.4, -0.2) is 5.38 Å². The minimum Gasteiger partial charge on any atom is -0.460 e. The van der Waals surface area contributed by atoms with Crippen molar-refractivity contribution in [1.82, 2.24) is 0 Å². The van der Waals surface area contributed by atoms with Crippen LogP contribution < -0.4 is 0 Å². The average Bonchev–Trinajstić information content (AvgIpc) is 2.85. The van der Waals surface area contributed by atoms with Crippen LogP contribution in [0.2, 0.25) is 0 Å². The van der Waals surface area contributed by atoms with Crippen LogP contribution in [0.25, 0.3) is 11.0 Å². The summed E-state index contributed by atoms with van der Waals surface area (Å²) in [5.41, 5.74) is 2.24. The molecule has 17 heavy (non-hydrogen) atoms. The molecule has 0 radical (unpaired) electrons. The highest BCUT2D eigenvalue weighted by molar-refractivity contribution is 6.21. The number of hydrogen-bond donors (Lipinski definition) is 0. The maximum atomic E-state index is 6.30. The lowest BCUT2D eigenvalue weighted by molar-refractivity contribution is 0.433. The first-order valence-corrected chi connectivity index (χ1v) is 6.73. The number of hydrogen-bond acceptors (Lipinski definition) is 1. The van der Waals surface area contributed by atoms with Gasteiger partial charge in [0.15, 0.2) is 0 Å². The minimum absolute atomic E-state index is 0.300. The molecule has 1 aliphatic rings. The van der Waals surface area contributed by atoms with Gasteiger partial charge < -0.3 is 4.42 Å². The predicted molar refractivity (Wildman–Crippen MR) is 71.7 cm³/mol. The first-order chi connectivity index (χ1) is 8.16. The standard InChI is InChI=1S/C15H17ClO/c1-9-4-3-5-11-8-14(17-15(9)11)12-6-7-13(16)10(12)2/h3-5,8,10,12-13H,6-7H2,1-2H3. The Hall–Kier alpha value is -0.950. The van der Waals surface area contributed by atoms with E-state index in [0.717, 1.165) is 24.2 Å². The highest BCUT2D eigenvalue weighted by Gasteiger charge is 2.34. The molecule has 0 bridgehead atoms. The third-order valence-corrected chi connectivity index (χ3v) is 4.70. The Morgan fingerprint density at radius 3 is 2.76 bits per heavy atom. The van der Waals surface area contributed by atoms with Crippen LogP contribution >= 0.6 is 11.6 Å². The lowest BCUT2D eigenvalue weighted by atomic mass is 9.95. The van der Waals surface area contributed by atoms with E-state index in [0.29, 0.717) is 17.2 Å². The van der Waals surface area contributed by atoms with Gasteiger partial charge in [0.25, 0.3) is 0 Å². The molecule has 1 aromatic carbocycles. The fourth-order valence-electron chi connectivity index (χ4n) is 2.93. The van der Waals surface area contributed by atoms with Gasteiger partial charge in [-0.25, -0.2) is 0 Å². The van der Waals surface area contributed by atoms with Crippen molar-refractivity contribution in [3.8, 4) is 0 Å². The molecule has 0 spiro atoms. The van der Waals surface area contributed by atoms with Gasteiger partial charge in [-0.3, -0.25) is 0 Å². The fraction of sp³-hybridized carbons (Fsp3) is 0.467. The minimum atomic E-state index is 0.300. The van der Waals surface area contributed by atoms with Crippen molar-refractivity contribution in [1.29, 1.82) is 0 Å². The van der Waals surface area contributed by atoms with E-state index in [1.807, 2.05) is 0 Å². The van der Waals surface area contributed by atoms with Gasteiger partial charge in [0.1, 0.15) is 11.3 Å². The van der Waals surface area contributed by atoms with Gasteiger partial charge in [0, 0.05) is 16.7 Å². The van der Waals surface area contributed by atoms with Crippen molar-refractivity contribution in [3.63, 3.8) is 0 Å². The number of rotatable bonds is 1. The predicted octanol–water partition coefficient (Wildman–Crippen LogP) is 4.86. The molecular formula is C15H17ClO. The van der Waals surface area contributed by atoms with Crippen LogP contribution in [0.4, 0.5) is 0 Å². The summed E-state index contributed by atoms with van der Waals surface area (Å²) in [6.45, 7) is 4.33. The summed E-state index contributed by atoms with van der Waals surface area (Å²) >= 11 is 6.30. The molecule has 0 aliphatic heterocycles. The van der Waals surface area contributed by atoms with Crippen molar-refractivity contribution >= 4 is 22.6 Å². The summed E-state index contributed by atoms with van der Waals surface area (Å²) in [5, 5.41) is 1.51. The fourth-order valence-corrected chi connectivity index (χ4v) is 3.23. The van der Waals surface area contributed by atoms with Crippen LogP contribution in [0.1, 0.15) is 37.0 Å². The topological polar surface area (TPSA) is 13.1 Å². The van der Waals surface area contributed by atoms with Crippen LogP contribution in [0.15, 0.2) is 28.7 Å². The molecule has 1 saturated carbocycles. The molecule has 0 N–H and O–H groups in total. The zero-order valence-electron chi connectivity index (χ0n) is 10.2. The molecule has 3 unspecified atom stereocenters. The van der Waals surface area contributed by atoms with Crippen LogP contribution in [-0.2, 0) is 0 Å². The van der Waals surface area contributed by atoms with Gasteiger partial charge in [0.05, 0.1) is 0 Å². The van der Waals surface area contributed by atoms with Gasteiger partial charge in [0.2, 0.25) is 0 Å². The SMILES string of the molecule is Cc1cccc2cc(C3CCC(Cl)C3C)oc12. The van der Waals surface area contributed by atoms with Crippen molar-refractivity contribution in [2.75, 3.05) is 0 Å². The smallest absolute Gasteiger partial charge is 0.137 e. The number of halogens is 1. The van der Waals surface area contributed by atoms with Gasteiger partial charge in [-0.1, -0.05) is 25.1 Å². The summed E-state index contributed by atoms with van der Waals surface area (Å²) < 4.78 is 6.04. The first-order valence-electron chi connectivity index (χ1n) is 6.30. The first kappa shape index (κ1) is 11.2. The molecule has 1 fully saturated rings. The van der Waals surface area contributed by atoms with E-state index in [2.05, 4.69) is 38.1 Å². The molecule has 1 aliphatic carbocycles. The molecule has 1 aromatic heterocycles.